The minimum absolute atomic E-state index is 0.145. The highest BCUT2D eigenvalue weighted by atomic mass is 16.5. The number of carboxylic acid groups (broad SMARTS) is 1. The number of aryl methyl sites for hydroxylation is 2. The third kappa shape index (κ3) is 4.46. The molecule has 4 nitrogen and oxygen atoms in total. The van der Waals surface area contributed by atoms with Gasteiger partial charge in [-0.15, -0.1) is 0 Å². The van der Waals surface area contributed by atoms with Gasteiger partial charge in [0.2, 0.25) is 0 Å². The summed E-state index contributed by atoms with van der Waals surface area (Å²) in [5, 5.41) is 8.85. The summed E-state index contributed by atoms with van der Waals surface area (Å²) < 4.78 is 5.43. The molecule has 0 aliphatic carbocycles. The van der Waals surface area contributed by atoms with Crippen LogP contribution in [0.3, 0.4) is 0 Å². The number of hydrogen-bond acceptors (Lipinski definition) is 3. The van der Waals surface area contributed by atoms with E-state index in [0.29, 0.717) is 5.57 Å². The molecule has 4 heteroatoms. The van der Waals surface area contributed by atoms with Crippen LogP contribution >= 0.6 is 0 Å². The van der Waals surface area contributed by atoms with Gasteiger partial charge in [0, 0.05) is 11.6 Å². The topological polar surface area (TPSA) is 72.6 Å². The monoisotopic (exact) mass is 325 g/mol. The molecule has 1 heterocycles. The van der Waals surface area contributed by atoms with Gasteiger partial charge in [0.15, 0.2) is 0 Å². The molecule has 126 valence electrons. The van der Waals surface area contributed by atoms with Gasteiger partial charge < -0.3 is 15.6 Å². The van der Waals surface area contributed by atoms with E-state index in [2.05, 4.69) is 0 Å². The third-order valence-corrected chi connectivity index (χ3v) is 3.75. The second kappa shape index (κ2) is 7.79. The van der Waals surface area contributed by atoms with Gasteiger partial charge in [-0.1, -0.05) is 42.0 Å². The van der Waals surface area contributed by atoms with Gasteiger partial charge in [-0.2, -0.15) is 0 Å². The minimum Gasteiger partial charge on any atom is -0.488 e. The van der Waals surface area contributed by atoms with Gasteiger partial charge >= 0.3 is 5.97 Å². The maximum Gasteiger partial charge on any atom is 0.335 e. The predicted molar refractivity (Wildman–Crippen MR) is 96.1 cm³/mol. The van der Waals surface area contributed by atoms with Gasteiger partial charge in [0.25, 0.3) is 0 Å². The van der Waals surface area contributed by atoms with Crippen LogP contribution in [0.4, 0.5) is 0 Å². The molecule has 0 amide bonds. The molecule has 0 fully saturated rings. The Morgan fingerprint density at radius 3 is 2.42 bits per heavy atom. The Bertz CT molecular complexity index is 749. The Hall–Kier alpha value is -2.59. The summed E-state index contributed by atoms with van der Waals surface area (Å²) in [6.07, 6.45) is 1.68. The molecular weight excluding hydrogens is 302 g/mol. The van der Waals surface area contributed by atoms with Crippen molar-refractivity contribution in [2.45, 2.75) is 26.8 Å². The first-order chi connectivity index (χ1) is 11.4. The van der Waals surface area contributed by atoms with Crippen LogP contribution in [-0.2, 0) is 4.79 Å². The van der Waals surface area contributed by atoms with E-state index in [1.165, 1.54) is 5.56 Å². The molecule has 1 aliphatic rings. The van der Waals surface area contributed by atoms with Crippen LogP contribution in [0.2, 0.25) is 0 Å². The lowest BCUT2D eigenvalue weighted by molar-refractivity contribution is -0.132. The lowest BCUT2D eigenvalue weighted by Crippen LogP contribution is -2.14. The first-order valence-electron chi connectivity index (χ1n) is 7.87. The Balaban J connectivity index is 0.000000198. The van der Waals surface area contributed by atoms with Crippen LogP contribution < -0.4 is 10.5 Å². The molecule has 0 saturated heterocycles. The van der Waals surface area contributed by atoms with E-state index in [1.807, 2.05) is 63.2 Å². The van der Waals surface area contributed by atoms with E-state index in [-0.39, 0.29) is 12.6 Å². The molecule has 0 aromatic heterocycles. The quantitative estimate of drug-likeness (QED) is 0.879. The zero-order valence-electron chi connectivity index (χ0n) is 14.2. The highest BCUT2D eigenvalue weighted by Crippen LogP contribution is 2.30. The molecular formula is C20H23NO3. The summed E-state index contributed by atoms with van der Waals surface area (Å²) in [5.41, 5.74) is 10.1. The first-order valence-corrected chi connectivity index (χ1v) is 7.87. The fourth-order valence-corrected chi connectivity index (χ4v) is 2.55. The number of fused-ring (bicyclic) bond motifs is 1. The number of carbonyl (C=O) groups is 1. The average molecular weight is 325 g/mol. The number of rotatable bonds is 2. The molecule has 2 aromatic rings. The van der Waals surface area contributed by atoms with Crippen LogP contribution in [0.1, 0.15) is 35.2 Å². The van der Waals surface area contributed by atoms with E-state index >= 15 is 0 Å². The average Bonchev–Trinajstić information content (AvgIpc) is 2.55. The number of aliphatic carboxylic acids is 1. The van der Waals surface area contributed by atoms with Crippen molar-refractivity contribution in [3.63, 3.8) is 0 Å². The minimum atomic E-state index is -0.917. The first kappa shape index (κ1) is 17.8. The van der Waals surface area contributed by atoms with Crippen molar-refractivity contribution in [3.05, 3.63) is 70.3 Å². The Morgan fingerprint density at radius 1 is 1.21 bits per heavy atom. The lowest BCUT2D eigenvalue weighted by atomic mass is 10.0. The van der Waals surface area contributed by atoms with E-state index in [1.54, 1.807) is 6.08 Å². The largest absolute Gasteiger partial charge is 0.488 e. The van der Waals surface area contributed by atoms with Crippen molar-refractivity contribution in [1.29, 1.82) is 0 Å². The second-order valence-corrected chi connectivity index (χ2v) is 5.96. The lowest BCUT2D eigenvalue weighted by Gasteiger charge is -2.18. The fraction of sp³-hybridized carbons (Fsp3) is 0.250. The summed E-state index contributed by atoms with van der Waals surface area (Å²) in [6.45, 7) is 6.07. The number of carboxylic acids is 1. The highest BCUT2D eigenvalue weighted by molar-refractivity contribution is 5.94. The number of hydrogen-bond donors (Lipinski definition) is 2. The van der Waals surface area contributed by atoms with Crippen LogP contribution in [0.5, 0.6) is 5.75 Å². The van der Waals surface area contributed by atoms with Crippen molar-refractivity contribution in [2.75, 3.05) is 6.61 Å². The molecule has 1 unspecified atom stereocenters. The maximum absolute atomic E-state index is 10.8. The fourth-order valence-electron chi connectivity index (χ4n) is 2.55. The molecule has 0 spiro atoms. The van der Waals surface area contributed by atoms with Crippen molar-refractivity contribution in [2.24, 2.45) is 5.73 Å². The molecule has 3 N–H and O–H groups in total. The van der Waals surface area contributed by atoms with Gasteiger partial charge in [-0.05, 0) is 44.0 Å². The van der Waals surface area contributed by atoms with Gasteiger partial charge in [0.05, 0.1) is 5.57 Å². The van der Waals surface area contributed by atoms with Gasteiger partial charge in [-0.3, -0.25) is 0 Å². The molecule has 24 heavy (non-hydrogen) atoms. The Kier molecular flexibility index (Phi) is 5.77. The molecule has 0 radical (unpaired) electrons. The van der Waals surface area contributed by atoms with Crippen molar-refractivity contribution >= 4 is 12.0 Å². The maximum atomic E-state index is 10.8. The van der Waals surface area contributed by atoms with E-state index in [0.717, 1.165) is 22.4 Å². The number of benzene rings is 2. The molecule has 1 aliphatic heterocycles. The van der Waals surface area contributed by atoms with E-state index in [9.17, 15) is 4.79 Å². The van der Waals surface area contributed by atoms with Crippen LogP contribution in [0.25, 0.3) is 6.08 Å². The summed E-state index contributed by atoms with van der Waals surface area (Å²) >= 11 is 0. The number of nitrogens with two attached hydrogens (primary N) is 1. The predicted octanol–water partition coefficient (Wildman–Crippen LogP) is 3.87. The van der Waals surface area contributed by atoms with Gasteiger partial charge in [0.1, 0.15) is 12.4 Å². The summed E-state index contributed by atoms with van der Waals surface area (Å²) in [6, 6.07) is 14.2. The Labute approximate surface area is 142 Å². The zero-order chi connectivity index (χ0) is 17.7. The summed E-state index contributed by atoms with van der Waals surface area (Å²) in [5.74, 6) is -0.120. The Morgan fingerprint density at radius 2 is 1.88 bits per heavy atom. The third-order valence-electron chi connectivity index (χ3n) is 3.75. The van der Waals surface area contributed by atoms with E-state index < -0.39 is 5.97 Å². The van der Waals surface area contributed by atoms with E-state index in [4.69, 9.17) is 15.6 Å². The molecule has 3 rings (SSSR count). The normalized spacial score (nSPS) is 13.6. The molecule has 1 atom stereocenters. The van der Waals surface area contributed by atoms with Crippen molar-refractivity contribution in [3.8, 4) is 5.75 Å². The standard InChI is InChI=1S/C12H12O3.C8H11N/c1-7-3-8(2)11-9(4-7)5-10(6-15-11)12(13)14;1-7(9)8-5-3-2-4-6-8/h3-5H,6H2,1-2H3,(H,13,14);2-7H,9H2,1H3. The molecule has 0 bridgehead atoms. The van der Waals surface area contributed by atoms with Crippen molar-refractivity contribution < 1.29 is 14.6 Å². The zero-order valence-corrected chi connectivity index (χ0v) is 14.2. The van der Waals surface area contributed by atoms with Crippen LogP contribution in [0, 0.1) is 13.8 Å². The SMILES string of the molecule is CC(N)c1ccccc1.Cc1cc(C)c2c(c1)C=C(C(=O)O)CO2. The smallest absolute Gasteiger partial charge is 0.335 e. The van der Waals surface area contributed by atoms with Crippen LogP contribution in [0.15, 0.2) is 48.0 Å². The number of ether oxygens (including phenoxy) is 1. The molecule has 2 aromatic carbocycles. The summed E-state index contributed by atoms with van der Waals surface area (Å²) in [4.78, 5) is 10.8. The second-order valence-electron chi connectivity index (χ2n) is 5.96. The van der Waals surface area contributed by atoms with Crippen LogP contribution in [-0.4, -0.2) is 17.7 Å². The van der Waals surface area contributed by atoms with Crippen molar-refractivity contribution in [1.82, 2.24) is 0 Å². The summed E-state index contributed by atoms with van der Waals surface area (Å²) in [7, 11) is 0. The highest BCUT2D eigenvalue weighted by Gasteiger charge is 2.17. The van der Waals surface area contributed by atoms with Gasteiger partial charge in [-0.25, -0.2) is 4.79 Å². The molecule has 0 saturated carbocycles.